The number of carbonyl (C=O) groups excluding carboxylic acids is 2. The first kappa shape index (κ1) is 19.6. The Morgan fingerprint density at radius 3 is 2.29 bits per heavy atom. The fraction of sp³-hybridized carbons (Fsp3) is 0.286. The number of aliphatic carboxylic acids is 1. The SMILES string of the molecule is NC(Cc1ccccc1)C(=O)N1CC(NC(=O)c2ccccc2)CC1C(=O)O. The first-order valence-electron chi connectivity index (χ1n) is 9.14. The lowest BCUT2D eigenvalue weighted by Gasteiger charge is -2.25. The van der Waals surface area contributed by atoms with Gasteiger partial charge < -0.3 is 21.1 Å². The molecular formula is C21H23N3O4. The van der Waals surface area contributed by atoms with Gasteiger partial charge in [-0.15, -0.1) is 0 Å². The molecule has 28 heavy (non-hydrogen) atoms. The Kier molecular flexibility index (Phi) is 6.06. The highest BCUT2D eigenvalue weighted by atomic mass is 16.4. The molecule has 146 valence electrons. The number of amides is 2. The molecule has 1 saturated heterocycles. The second kappa shape index (κ2) is 8.67. The minimum Gasteiger partial charge on any atom is -0.480 e. The molecule has 3 rings (SSSR count). The molecule has 0 bridgehead atoms. The maximum atomic E-state index is 12.8. The zero-order valence-electron chi connectivity index (χ0n) is 15.3. The molecule has 3 atom stereocenters. The molecule has 2 amide bonds. The van der Waals surface area contributed by atoms with Gasteiger partial charge in [0.05, 0.1) is 6.04 Å². The lowest BCUT2D eigenvalue weighted by Crippen LogP contribution is -2.49. The van der Waals surface area contributed by atoms with Gasteiger partial charge in [-0.1, -0.05) is 48.5 Å². The standard InChI is InChI=1S/C21H23N3O4/c22-17(11-14-7-3-1-4-8-14)20(26)24-13-16(12-18(24)21(27)28)23-19(25)15-9-5-2-6-10-15/h1-10,16-18H,11-13,22H2,(H,23,25)(H,27,28). The van der Waals surface area contributed by atoms with Crippen molar-refractivity contribution in [2.45, 2.75) is 31.0 Å². The number of carboxylic acids is 1. The van der Waals surface area contributed by atoms with Crippen LogP contribution in [0.1, 0.15) is 22.3 Å². The Bertz CT molecular complexity index is 841. The minimum absolute atomic E-state index is 0.122. The monoisotopic (exact) mass is 381 g/mol. The summed E-state index contributed by atoms with van der Waals surface area (Å²) in [4.78, 5) is 38.1. The number of nitrogens with two attached hydrogens (primary N) is 1. The summed E-state index contributed by atoms with van der Waals surface area (Å²) in [6.07, 6.45) is 0.473. The number of hydrogen-bond acceptors (Lipinski definition) is 4. The van der Waals surface area contributed by atoms with Crippen LogP contribution in [0, 0.1) is 0 Å². The molecule has 1 aliphatic heterocycles. The van der Waals surface area contributed by atoms with Crippen molar-refractivity contribution in [3.05, 3.63) is 71.8 Å². The molecule has 0 saturated carbocycles. The minimum atomic E-state index is -1.10. The Balaban J connectivity index is 1.66. The van der Waals surface area contributed by atoms with Gasteiger partial charge in [-0.3, -0.25) is 9.59 Å². The molecular weight excluding hydrogens is 358 g/mol. The number of nitrogens with one attached hydrogen (secondary N) is 1. The summed E-state index contributed by atoms with van der Waals surface area (Å²) in [6.45, 7) is 0.122. The number of hydrogen-bond donors (Lipinski definition) is 3. The van der Waals surface area contributed by atoms with Crippen molar-refractivity contribution < 1.29 is 19.5 Å². The van der Waals surface area contributed by atoms with Crippen molar-refractivity contribution in [3.8, 4) is 0 Å². The topological polar surface area (TPSA) is 113 Å². The number of rotatable bonds is 6. The predicted octanol–water partition coefficient (Wildman–Crippen LogP) is 1.04. The third kappa shape index (κ3) is 4.55. The number of benzene rings is 2. The van der Waals surface area contributed by atoms with Crippen LogP contribution in [-0.4, -0.2) is 52.5 Å². The van der Waals surface area contributed by atoms with Gasteiger partial charge in [-0.05, 0) is 24.1 Å². The van der Waals surface area contributed by atoms with Gasteiger partial charge in [0, 0.05) is 24.6 Å². The van der Waals surface area contributed by atoms with Gasteiger partial charge in [-0.2, -0.15) is 0 Å². The van der Waals surface area contributed by atoms with Crippen LogP contribution in [0.2, 0.25) is 0 Å². The van der Waals surface area contributed by atoms with Crippen LogP contribution >= 0.6 is 0 Å². The van der Waals surface area contributed by atoms with E-state index < -0.39 is 30.0 Å². The second-order valence-electron chi connectivity index (χ2n) is 6.91. The van der Waals surface area contributed by atoms with Gasteiger partial charge in [0.15, 0.2) is 0 Å². The molecule has 0 aromatic heterocycles. The maximum absolute atomic E-state index is 12.8. The number of likely N-dealkylation sites (tertiary alicyclic amines) is 1. The summed E-state index contributed by atoms with van der Waals surface area (Å²) in [6, 6.07) is 15.7. The zero-order chi connectivity index (χ0) is 20.1. The quantitative estimate of drug-likeness (QED) is 0.692. The molecule has 7 nitrogen and oxygen atoms in total. The van der Waals surface area contributed by atoms with Crippen LogP contribution in [0.25, 0.3) is 0 Å². The molecule has 2 aromatic rings. The molecule has 0 radical (unpaired) electrons. The Morgan fingerprint density at radius 2 is 1.68 bits per heavy atom. The average Bonchev–Trinajstić information content (AvgIpc) is 3.13. The van der Waals surface area contributed by atoms with Crippen LogP contribution < -0.4 is 11.1 Å². The highest BCUT2D eigenvalue weighted by Gasteiger charge is 2.41. The molecule has 1 fully saturated rings. The lowest BCUT2D eigenvalue weighted by molar-refractivity contribution is -0.148. The third-order valence-electron chi connectivity index (χ3n) is 4.86. The second-order valence-corrected chi connectivity index (χ2v) is 6.91. The highest BCUT2D eigenvalue weighted by molar-refractivity contribution is 5.94. The predicted molar refractivity (Wildman–Crippen MR) is 104 cm³/mol. The van der Waals surface area contributed by atoms with Gasteiger partial charge in [0.1, 0.15) is 6.04 Å². The molecule has 4 N–H and O–H groups in total. The lowest BCUT2D eigenvalue weighted by atomic mass is 10.1. The molecule has 3 unspecified atom stereocenters. The number of nitrogens with zero attached hydrogens (tertiary/aromatic N) is 1. The number of carbonyl (C=O) groups is 3. The number of carboxylic acid groups (broad SMARTS) is 1. The van der Waals surface area contributed by atoms with Crippen LogP contribution in [0.3, 0.4) is 0 Å². The van der Waals surface area contributed by atoms with E-state index in [1.807, 2.05) is 30.3 Å². The molecule has 7 heteroatoms. The molecule has 2 aromatic carbocycles. The molecule has 0 aliphatic carbocycles. The van der Waals surface area contributed by atoms with E-state index in [-0.39, 0.29) is 18.9 Å². The average molecular weight is 381 g/mol. The first-order valence-corrected chi connectivity index (χ1v) is 9.14. The largest absolute Gasteiger partial charge is 0.480 e. The first-order chi connectivity index (χ1) is 13.5. The van der Waals surface area contributed by atoms with Crippen molar-refractivity contribution in [1.29, 1.82) is 0 Å². The van der Waals surface area contributed by atoms with Crippen LogP contribution in [-0.2, 0) is 16.0 Å². The third-order valence-corrected chi connectivity index (χ3v) is 4.86. The summed E-state index contributed by atoms with van der Waals surface area (Å²) in [5, 5.41) is 12.3. The van der Waals surface area contributed by atoms with E-state index in [9.17, 15) is 19.5 Å². The smallest absolute Gasteiger partial charge is 0.326 e. The summed E-state index contributed by atoms with van der Waals surface area (Å²) in [5.74, 6) is -1.82. The van der Waals surface area contributed by atoms with Crippen molar-refractivity contribution in [1.82, 2.24) is 10.2 Å². The normalized spacial score (nSPS) is 19.8. The van der Waals surface area contributed by atoms with E-state index in [4.69, 9.17) is 5.73 Å². The Labute approximate surface area is 163 Å². The Hall–Kier alpha value is -3.19. The molecule has 1 aliphatic rings. The van der Waals surface area contributed by atoms with Gasteiger partial charge in [0.25, 0.3) is 5.91 Å². The summed E-state index contributed by atoms with van der Waals surface area (Å²) in [7, 11) is 0. The van der Waals surface area contributed by atoms with E-state index >= 15 is 0 Å². The fourth-order valence-corrected chi connectivity index (χ4v) is 3.44. The van der Waals surface area contributed by atoms with Gasteiger partial charge in [0.2, 0.25) is 5.91 Å². The van der Waals surface area contributed by atoms with E-state index in [0.717, 1.165) is 5.56 Å². The van der Waals surface area contributed by atoms with Crippen molar-refractivity contribution in [2.24, 2.45) is 5.73 Å². The van der Waals surface area contributed by atoms with Crippen molar-refractivity contribution in [2.75, 3.05) is 6.54 Å². The van der Waals surface area contributed by atoms with Gasteiger partial charge in [-0.25, -0.2) is 4.79 Å². The van der Waals surface area contributed by atoms with Crippen LogP contribution in [0.4, 0.5) is 0 Å². The molecule has 1 heterocycles. The zero-order valence-corrected chi connectivity index (χ0v) is 15.3. The van der Waals surface area contributed by atoms with Crippen molar-refractivity contribution in [3.63, 3.8) is 0 Å². The maximum Gasteiger partial charge on any atom is 0.326 e. The van der Waals surface area contributed by atoms with E-state index in [2.05, 4.69) is 5.32 Å². The summed E-state index contributed by atoms with van der Waals surface area (Å²) < 4.78 is 0. The molecule has 0 spiro atoms. The summed E-state index contributed by atoms with van der Waals surface area (Å²) in [5.41, 5.74) is 7.45. The van der Waals surface area contributed by atoms with Crippen LogP contribution in [0.5, 0.6) is 0 Å². The Morgan fingerprint density at radius 1 is 1.07 bits per heavy atom. The van der Waals surface area contributed by atoms with E-state index in [0.29, 0.717) is 12.0 Å². The van der Waals surface area contributed by atoms with Crippen molar-refractivity contribution >= 4 is 17.8 Å². The summed E-state index contributed by atoms with van der Waals surface area (Å²) >= 11 is 0. The van der Waals surface area contributed by atoms with E-state index in [1.165, 1.54) is 4.90 Å². The van der Waals surface area contributed by atoms with E-state index in [1.54, 1.807) is 30.3 Å². The fourth-order valence-electron chi connectivity index (χ4n) is 3.44. The van der Waals surface area contributed by atoms with Crippen LogP contribution in [0.15, 0.2) is 60.7 Å². The van der Waals surface area contributed by atoms with Gasteiger partial charge >= 0.3 is 5.97 Å². The highest BCUT2D eigenvalue weighted by Crippen LogP contribution is 2.20.